The van der Waals surface area contributed by atoms with Crippen molar-refractivity contribution in [2.45, 2.75) is 45.3 Å². The van der Waals surface area contributed by atoms with Gasteiger partial charge in [-0.15, -0.1) is 12.4 Å². The van der Waals surface area contributed by atoms with Crippen LogP contribution >= 0.6 is 12.4 Å². The average molecular weight is 428 g/mol. The number of hydrogen-bond donors (Lipinski definition) is 1. The average Bonchev–Trinajstić information content (AvgIpc) is 2.95. The van der Waals surface area contributed by atoms with E-state index < -0.39 is 11.6 Å². The van der Waals surface area contributed by atoms with Crippen LogP contribution in [-0.2, 0) is 9.53 Å². The second kappa shape index (κ2) is 8.91. The summed E-state index contributed by atoms with van der Waals surface area (Å²) in [6, 6.07) is 14.3. The van der Waals surface area contributed by atoms with Gasteiger partial charge in [0, 0.05) is 17.7 Å². The van der Waals surface area contributed by atoms with Gasteiger partial charge in [-0.2, -0.15) is 0 Å². The van der Waals surface area contributed by atoms with E-state index in [4.69, 9.17) is 4.74 Å². The van der Waals surface area contributed by atoms with Crippen molar-refractivity contribution in [2.75, 3.05) is 0 Å². The number of fused-ring (bicyclic) bond motifs is 1. The zero-order chi connectivity index (χ0) is 20.6. The maximum atomic E-state index is 12.4. The first-order chi connectivity index (χ1) is 13.9. The Labute approximate surface area is 184 Å². The number of pyridine rings is 1. The molecule has 2 heterocycles. The minimum atomic E-state index is -1.37. The molecule has 5 heteroatoms. The molecule has 1 aliphatic heterocycles. The van der Waals surface area contributed by atoms with E-state index in [1.165, 1.54) is 0 Å². The third kappa shape index (κ3) is 3.91. The molecule has 0 spiro atoms. The number of aliphatic hydroxyl groups is 1. The van der Waals surface area contributed by atoms with Gasteiger partial charge in [0.2, 0.25) is 0 Å². The van der Waals surface area contributed by atoms with Crippen LogP contribution in [-0.4, -0.2) is 27.8 Å². The number of rotatable bonds is 4. The summed E-state index contributed by atoms with van der Waals surface area (Å²) in [6.45, 7) is 6.21. The van der Waals surface area contributed by atoms with E-state index in [0.29, 0.717) is 12.3 Å². The molecule has 2 fully saturated rings. The normalized spacial score (nSPS) is 33.1. The van der Waals surface area contributed by atoms with Crippen molar-refractivity contribution < 1.29 is 14.6 Å². The molecule has 6 atom stereocenters. The van der Waals surface area contributed by atoms with E-state index in [1.54, 1.807) is 0 Å². The number of halogens is 1. The van der Waals surface area contributed by atoms with Crippen LogP contribution in [0.3, 0.4) is 0 Å². The van der Waals surface area contributed by atoms with Crippen molar-refractivity contribution in [3.05, 3.63) is 60.4 Å². The highest BCUT2D eigenvalue weighted by Gasteiger charge is 2.62. The van der Waals surface area contributed by atoms with Crippen molar-refractivity contribution in [1.82, 2.24) is 4.98 Å². The lowest BCUT2D eigenvalue weighted by atomic mass is 9.59. The van der Waals surface area contributed by atoms with E-state index in [0.717, 1.165) is 23.2 Å². The number of aromatic nitrogens is 1. The molecular weight excluding hydrogens is 398 g/mol. The molecule has 0 unspecified atom stereocenters. The molecule has 0 radical (unpaired) electrons. The van der Waals surface area contributed by atoms with Gasteiger partial charge in [-0.25, -0.2) is 4.79 Å². The van der Waals surface area contributed by atoms with E-state index in [2.05, 4.69) is 43.1 Å². The van der Waals surface area contributed by atoms with Crippen molar-refractivity contribution in [3.8, 4) is 11.1 Å². The summed E-state index contributed by atoms with van der Waals surface area (Å²) in [7, 11) is 0. The van der Waals surface area contributed by atoms with Crippen LogP contribution in [0, 0.1) is 23.7 Å². The molecule has 1 N–H and O–H groups in total. The fraction of sp³-hybridized carbons (Fsp3) is 0.440. The van der Waals surface area contributed by atoms with Gasteiger partial charge in [0.05, 0.1) is 5.69 Å². The lowest BCUT2D eigenvalue weighted by molar-refractivity contribution is -0.160. The molecule has 1 aromatic carbocycles. The Bertz CT molecular complexity index is 898. The first-order valence-electron chi connectivity index (χ1n) is 10.6. The molecule has 160 valence electrons. The van der Waals surface area contributed by atoms with Crippen molar-refractivity contribution in [3.63, 3.8) is 0 Å². The molecule has 4 nitrogen and oxygen atoms in total. The Balaban J connectivity index is 0.00000256. The fourth-order valence-corrected chi connectivity index (χ4v) is 5.46. The molecule has 1 aliphatic carbocycles. The van der Waals surface area contributed by atoms with Gasteiger partial charge < -0.3 is 9.84 Å². The Kier molecular flexibility index (Phi) is 6.68. The van der Waals surface area contributed by atoms with Crippen LogP contribution < -0.4 is 0 Å². The predicted octanol–water partition coefficient (Wildman–Crippen LogP) is 5.16. The van der Waals surface area contributed by atoms with E-state index in [-0.39, 0.29) is 36.3 Å². The van der Waals surface area contributed by atoms with Crippen LogP contribution in [0.1, 0.15) is 39.3 Å². The fourth-order valence-electron chi connectivity index (χ4n) is 5.46. The number of carbonyl (C=O) groups is 1. The molecule has 2 aliphatic rings. The van der Waals surface area contributed by atoms with E-state index in [1.807, 2.05) is 43.5 Å². The maximum Gasteiger partial charge on any atom is 0.338 e. The number of allylic oxidation sites excluding steroid dienone is 1. The summed E-state index contributed by atoms with van der Waals surface area (Å²) < 4.78 is 5.46. The summed E-state index contributed by atoms with van der Waals surface area (Å²) in [5.74, 6) is 0.0566. The summed E-state index contributed by atoms with van der Waals surface area (Å²) in [6.07, 6.45) is 7.25. The highest BCUT2D eigenvalue weighted by molar-refractivity contribution is 5.85. The number of esters is 1. The summed E-state index contributed by atoms with van der Waals surface area (Å²) >= 11 is 0. The van der Waals surface area contributed by atoms with Crippen LogP contribution in [0.4, 0.5) is 0 Å². The zero-order valence-corrected chi connectivity index (χ0v) is 18.5. The lowest BCUT2D eigenvalue weighted by Crippen LogP contribution is -2.53. The Morgan fingerprint density at radius 3 is 2.53 bits per heavy atom. The largest absolute Gasteiger partial charge is 0.460 e. The molecule has 30 heavy (non-hydrogen) atoms. The SMILES string of the molecule is CC[C@H]1[C@H](/C=C/c2ccc(-c3ccccc3)cn2)[C@@H]2[C@@H](C)OC(=O)[C@]2(O)C[C@@H]1C.Cl. The summed E-state index contributed by atoms with van der Waals surface area (Å²) in [5.41, 5.74) is 1.73. The highest BCUT2D eigenvalue weighted by Crippen LogP contribution is 2.52. The molecule has 1 saturated carbocycles. The third-order valence-electron chi connectivity index (χ3n) is 6.83. The summed E-state index contributed by atoms with van der Waals surface area (Å²) in [4.78, 5) is 17.0. The van der Waals surface area contributed by atoms with Gasteiger partial charge in [0.25, 0.3) is 0 Å². The number of cyclic esters (lactones) is 1. The molecule has 2 aromatic rings. The van der Waals surface area contributed by atoms with Crippen LogP contribution in [0.2, 0.25) is 0 Å². The van der Waals surface area contributed by atoms with Gasteiger partial charge in [0.15, 0.2) is 5.60 Å². The minimum Gasteiger partial charge on any atom is -0.460 e. The number of carbonyl (C=O) groups excluding carboxylic acids is 1. The van der Waals surface area contributed by atoms with Gasteiger partial charge in [-0.05, 0) is 48.8 Å². The monoisotopic (exact) mass is 427 g/mol. The number of hydrogen-bond acceptors (Lipinski definition) is 4. The van der Waals surface area contributed by atoms with Crippen LogP contribution in [0.25, 0.3) is 17.2 Å². The predicted molar refractivity (Wildman–Crippen MR) is 121 cm³/mol. The molecule has 1 aromatic heterocycles. The van der Waals surface area contributed by atoms with E-state index >= 15 is 0 Å². The Morgan fingerprint density at radius 1 is 1.17 bits per heavy atom. The van der Waals surface area contributed by atoms with Crippen molar-refractivity contribution >= 4 is 24.5 Å². The number of ether oxygens (including phenoxy) is 1. The number of benzene rings is 1. The summed E-state index contributed by atoms with van der Waals surface area (Å²) in [5, 5.41) is 11.1. The minimum absolute atomic E-state index is 0. The van der Waals surface area contributed by atoms with E-state index in [9.17, 15) is 9.90 Å². The van der Waals surface area contributed by atoms with Gasteiger partial charge in [-0.1, -0.05) is 62.7 Å². The third-order valence-corrected chi connectivity index (χ3v) is 6.83. The Morgan fingerprint density at radius 2 is 1.90 bits per heavy atom. The second-order valence-corrected chi connectivity index (χ2v) is 8.59. The molecule has 1 saturated heterocycles. The van der Waals surface area contributed by atoms with Gasteiger partial charge in [0.1, 0.15) is 6.10 Å². The number of nitrogens with zero attached hydrogens (tertiary/aromatic N) is 1. The zero-order valence-electron chi connectivity index (χ0n) is 17.7. The molecule has 4 rings (SSSR count). The smallest absolute Gasteiger partial charge is 0.338 e. The maximum absolute atomic E-state index is 12.4. The Hall–Kier alpha value is -2.17. The first kappa shape index (κ1) is 22.5. The molecular formula is C25H30ClNO3. The van der Waals surface area contributed by atoms with Gasteiger partial charge >= 0.3 is 5.97 Å². The van der Waals surface area contributed by atoms with Crippen LogP contribution in [0.5, 0.6) is 0 Å². The standard InChI is InChI=1S/C25H29NO3.ClH/c1-4-21-16(2)14-25(28)23(17(3)29-24(25)27)22(21)13-12-20-11-10-19(15-26-20)18-8-6-5-7-9-18;/h5-13,15-17,21-23,28H,4,14H2,1-3H3;1H/b13-12+;/t16-,17+,21+,22-,23-,25-;/m0./s1. The van der Waals surface area contributed by atoms with Crippen molar-refractivity contribution in [2.24, 2.45) is 23.7 Å². The molecule has 0 amide bonds. The highest BCUT2D eigenvalue weighted by atomic mass is 35.5. The quantitative estimate of drug-likeness (QED) is 0.685. The van der Waals surface area contributed by atoms with Gasteiger partial charge in [-0.3, -0.25) is 4.98 Å². The first-order valence-corrected chi connectivity index (χ1v) is 10.6. The second-order valence-electron chi connectivity index (χ2n) is 8.59. The van der Waals surface area contributed by atoms with Crippen molar-refractivity contribution in [1.29, 1.82) is 0 Å². The lowest BCUT2D eigenvalue weighted by Gasteiger charge is -2.45. The van der Waals surface area contributed by atoms with Crippen LogP contribution in [0.15, 0.2) is 54.7 Å². The topological polar surface area (TPSA) is 59.4 Å². The molecule has 0 bridgehead atoms.